The zero-order valence-electron chi connectivity index (χ0n) is 6.20. The molecule has 1 aliphatic heterocycles. The highest BCUT2D eigenvalue weighted by molar-refractivity contribution is 9.10. The maximum absolute atomic E-state index is 5.35. The molecule has 1 aromatic rings. The van der Waals surface area contributed by atoms with Crippen molar-refractivity contribution in [3.8, 4) is 0 Å². The summed E-state index contributed by atoms with van der Waals surface area (Å²) in [4.78, 5) is 0.152. The molecule has 0 spiro atoms. The molecule has 4 nitrogen and oxygen atoms in total. The van der Waals surface area contributed by atoms with E-state index in [2.05, 4.69) is 42.1 Å². The first-order valence-corrected chi connectivity index (χ1v) is 5.30. The molecule has 0 saturated heterocycles. The number of alkyl halides is 1. The number of ether oxygens (including phenoxy) is 1. The van der Waals surface area contributed by atoms with Crippen molar-refractivity contribution in [2.75, 3.05) is 13.2 Å². The van der Waals surface area contributed by atoms with Crippen LogP contribution in [0.2, 0.25) is 0 Å². The lowest BCUT2D eigenvalue weighted by atomic mass is 10.4. The molecule has 0 bridgehead atoms. The fraction of sp³-hybridized carbons (Fsp3) is 0.667. The zero-order valence-corrected chi connectivity index (χ0v) is 9.38. The van der Waals surface area contributed by atoms with E-state index in [1.54, 1.807) is 0 Å². The summed E-state index contributed by atoms with van der Waals surface area (Å²) in [6, 6.07) is 0. The molecule has 2 heterocycles. The Kier molecular flexibility index (Phi) is 2.47. The minimum Gasteiger partial charge on any atom is -0.378 e. The highest BCUT2D eigenvalue weighted by Gasteiger charge is 2.20. The van der Waals surface area contributed by atoms with Crippen molar-refractivity contribution in [2.24, 2.45) is 0 Å². The van der Waals surface area contributed by atoms with Crippen LogP contribution < -0.4 is 0 Å². The van der Waals surface area contributed by atoms with Crippen LogP contribution in [0.3, 0.4) is 0 Å². The summed E-state index contributed by atoms with van der Waals surface area (Å²) in [7, 11) is 0. The largest absolute Gasteiger partial charge is 0.378 e. The van der Waals surface area contributed by atoms with Crippen LogP contribution in [0.4, 0.5) is 0 Å². The number of halogens is 2. The van der Waals surface area contributed by atoms with Gasteiger partial charge >= 0.3 is 0 Å². The van der Waals surface area contributed by atoms with E-state index in [0.29, 0.717) is 13.2 Å². The van der Waals surface area contributed by atoms with Crippen molar-refractivity contribution in [2.45, 2.75) is 11.4 Å². The van der Waals surface area contributed by atoms with E-state index in [0.717, 1.165) is 17.1 Å². The maximum Gasteiger partial charge on any atom is 0.200 e. The summed E-state index contributed by atoms with van der Waals surface area (Å²) in [6.07, 6.45) is 0. The lowest BCUT2D eigenvalue weighted by Crippen LogP contribution is -2.04. The Morgan fingerprint density at radius 3 is 3.17 bits per heavy atom. The summed E-state index contributed by atoms with van der Waals surface area (Å²) in [5, 5.41) is 7.97. The van der Waals surface area contributed by atoms with Gasteiger partial charge in [-0.1, -0.05) is 15.9 Å². The van der Waals surface area contributed by atoms with Gasteiger partial charge in [-0.05, 0) is 15.9 Å². The predicted octanol–water partition coefficient (Wildman–Crippen LogP) is 1.51. The van der Waals surface area contributed by atoms with Gasteiger partial charge in [-0.3, -0.25) is 0 Å². The van der Waals surface area contributed by atoms with Crippen LogP contribution >= 0.6 is 31.9 Å². The third-order valence-corrected chi connectivity index (χ3v) is 3.00. The second-order valence-electron chi connectivity index (χ2n) is 2.52. The standard InChI is InChI=1S/C6H7Br2N3O/c7-4-3-12-2-1-11-5(4)9-10-6(11)8/h4H,1-3H2/t4-/m0/s1. The molecule has 0 fully saturated rings. The topological polar surface area (TPSA) is 39.9 Å². The number of hydrogen-bond donors (Lipinski definition) is 0. The number of fused-ring (bicyclic) bond motifs is 1. The van der Waals surface area contributed by atoms with E-state index < -0.39 is 0 Å². The average Bonchev–Trinajstić information content (AvgIpc) is 2.30. The zero-order chi connectivity index (χ0) is 8.55. The molecule has 0 amide bonds. The van der Waals surface area contributed by atoms with E-state index in [4.69, 9.17) is 4.74 Å². The van der Waals surface area contributed by atoms with Gasteiger partial charge in [0.1, 0.15) is 5.82 Å². The fourth-order valence-corrected chi connectivity index (χ4v) is 2.11. The Balaban J connectivity index is 2.41. The van der Waals surface area contributed by atoms with Gasteiger partial charge in [-0.25, -0.2) is 0 Å². The summed E-state index contributed by atoms with van der Waals surface area (Å²) >= 11 is 6.81. The van der Waals surface area contributed by atoms with E-state index in [9.17, 15) is 0 Å². The summed E-state index contributed by atoms with van der Waals surface area (Å²) < 4.78 is 8.12. The average molecular weight is 297 g/mol. The van der Waals surface area contributed by atoms with Crippen molar-refractivity contribution in [1.82, 2.24) is 14.8 Å². The van der Waals surface area contributed by atoms with Gasteiger partial charge in [0, 0.05) is 6.54 Å². The molecule has 2 rings (SSSR count). The summed E-state index contributed by atoms with van der Waals surface area (Å²) in [5.74, 6) is 0.930. The molecule has 66 valence electrons. The molecule has 0 aliphatic carbocycles. The van der Waals surface area contributed by atoms with Gasteiger partial charge in [0.2, 0.25) is 0 Å². The lowest BCUT2D eigenvalue weighted by Gasteiger charge is -2.03. The van der Waals surface area contributed by atoms with Gasteiger partial charge < -0.3 is 9.30 Å². The Morgan fingerprint density at radius 1 is 1.50 bits per heavy atom. The van der Waals surface area contributed by atoms with Crippen LogP contribution in [0.1, 0.15) is 10.7 Å². The minimum atomic E-state index is 0.152. The third kappa shape index (κ3) is 1.43. The quantitative estimate of drug-likeness (QED) is 0.681. The summed E-state index contributed by atoms with van der Waals surface area (Å²) in [6.45, 7) is 2.18. The van der Waals surface area contributed by atoms with Gasteiger partial charge in [0.25, 0.3) is 0 Å². The molecule has 0 aromatic carbocycles. The number of hydrogen-bond acceptors (Lipinski definition) is 3. The van der Waals surface area contributed by atoms with E-state index >= 15 is 0 Å². The van der Waals surface area contributed by atoms with Gasteiger partial charge in [-0.15, -0.1) is 10.2 Å². The monoisotopic (exact) mass is 295 g/mol. The maximum atomic E-state index is 5.35. The first-order chi connectivity index (χ1) is 5.79. The molecule has 0 unspecified atom stereocenters. The van der Waals surface area contributed by atoms with Crippen LogP contribution in [-0.4, -0.2) is 28.0 Å². The number of rotatable bonds is 0. The van der Waals surface area contributed by atoms with Crippen LogP contribution in [0.5, 0.6) is 0 Å². The Morgan fingerprint density at radius 2 is 2.33 bits per heavy atom. The van der Waals surface area contributed by atoms with E-state index in [1.165, 1.54) is 0 Å². The molecule has 0 saturated carbocycles. The number of nitrogens with zero attached hydrogens (tertiary/aromatic N) is 3. The van der Waals surface area contributed by atoms with E-state index in [-0.39, 0.29) is 4.83 Å². The van der Waals surface area contributed by atoms with Crippen molar-refractivity contribution >= 4 is 31.9 Å². The second-order valence-corrected chi connectivity index (χ2v) is 4.34. The van der Waals surface area contributed by atoms with Crippen molar-refractivity contribution in [1.29, 1.82) is 0 Å². The minimum absolute atomic E-state index is 0.152. The molecule has 6 heteroatoms. The van der Waals surface area contributed by atoms with Crippen LogP contribution in [0.25, 0.3) is 0 Å². The molecule has 1 aliphatic rings. The highest BCUT2D eigenvalue weighted by atomic mass is 79.9. The Hall–Kier alpha value is 0.0600. The molecule has 1 atom stereocenters. The van der Waals surface area contributed by atoms with Crippen molar-refractivity contribution in [3.63, 3.8) is 0 Å². The fourth-order valence-electron chi connectivity index (χ4n) is 1.15. The Labute approximate surface area is 86.6 Å². The second kappa shape index (κ2) is 3.43. The number of aromatic nitrogens is 3. The Bertz CT molecular complexity index is 288. The molecule has 12 heavy (non-hydrogen) atoms. The van der Waals surface area contributed by atoms with Crippen molar-refractivity contribution in [3.05, 3.63) is 10.6 Å². The van der Waals surface area contributed by atoms with Gasteiger partial charge in [0.05, 0.1) is 18.0 Å². The first-order valence-electron chi connectivity index (χ1n) is 3.59. The van der Waals surface area contributed by atoms with Gasteiger partial charge in [0.15, 0.2) is 4.73 Å². The van der Waals surface area contributed by atoms with Crippen LogP contribution in [0.15, 0.2) is 4.73 Å². The van der Waals surface area contributed by atoms with Crippen LogP contribution in [0, 0.1) is 0 Å². The molecule has 0 radical (unpaired) electrons. The smallest absolute Gasteiger partial charge is 0.200 e. The van der Waals surface area contributed by atoms with Crippen molar-refractivity contribution < 1.29 is 4.74 Å². The predicted molar refractivity (Wildman–Crippen MR) is 50.2 cm³/mol. The molecule has 1 aromatic heterocycles. The molecule has 0 N–H and O–H groups in total. The normalized spacial score (nSPS) is 23.3. The van der Waals surface area contributed by atoms with Crippen LogP contribution in [-0.2, 0) is 11.3 Å². The third-order valence-electron chi connectivity index (χ3n) is 1.74. The SMILES string of the molecule is Brc1nnc2n1CCOC[C@@H]2Br. The summed E-state index contributed by atoms with van der Waals surface area (Å²) in [5.41, 5.74) is 0. The molecular formula is C6H7Br2N3O. The van der Waals surface area contributed by atoms with Gasteiger partial charge in [-0.2, -0.15) is 0 Å². The lowest BCUT2D eigenvalue weighted by molar-refractivity contribution is 0.139. The van der Waals surface area contributed by atoms with E-state index in [1.807, 2.05) is 4.57 Å². The molecular weight excluding hydrogens is 290 g/mol. The first kappa shape index (κ1) is 8.65. The highest BCUT2D eigenvalue weighted by Crippen LogP contribution is 2.25.